The molecule has 0 fully saturated rings. The van der Waals surface area contributed by atoms with Crippen LogP contribution in [0.5, 0.6) is 11.5 Å². The van der Waals surface area contributed by atoms with Crippen LogP contribution in [-0.4, -0.2) is 19.1 Å². The summed E-state index contributed by atoms with van der Waals surface area (Å²) in [5, 5.41) is 11.7. The highest BCUT2D eigenvalue weighted by Crippen LogP contribution is 2.38. The molecule has 0 aliphatic heterocycles. The highest BCUT2D eigenvalue weighted by molar-refractivity contribution is 6.32. The number of anilines is 1. The first-order valence-corrected chi connectivity index (χ1v) is 9.08. The second kappa shape index (κ2) is 9.55. The number of alkyl halides is 3. The smallest absolute Gasteiger partial charge is 0.418 e. The van der Waals surface area contributed by atoms with Gasteiger partial charge in [0.05, 0.1) is 29.5 Å². The van der Waals surface area contributed by atoms with Crippen LogP contribution >= 0.6 is 11.6 Å². The van der Waals surface area contributed by atoms with Crippen molar-refractivity contribution < 1.29 is 27.4 Å². The number of hydrogen-bond acceptors (Lipinski definition) is 4. The zero-order valence-electron chi connectivity index (χ0n) is 16.3. The Morgan fingerprint density at radius 3 is 2.50 bits per heavy atom. The Hall–Kier alpha value is -3.18. The predicted molar refractivity (Wildman–Crippen MR) is 107 cm³/mol. The minimum absolute atomic E-state index is 0.174. The second-order valence-corrected chi connectivity index (χ2v) is 6.78. The van der Waals surface area contributed by atoms with Gasteiger partial charge in [-0.2, -0.15) is 18.4 Å². The van der Waals surface area contributed by atoms with E-state index in [-0.39, 0.29) is 16.9 Å². The molecule has 0 aliphatic rings. The van der Waals surface area contributed by atoms with E-state index in [0.29, 0.717) is 11.3 Å². The van der Waals surface area contributed by atoms with Gasteiger partial charge in [0.15, 0.2) is 11.5 Å². The topological polar surface area (TPSA) is 71.3 Å². The molecule has 0 aromatic heterocycles. The summed E-state index contributed by atoms with van der Waals surface area (Å²) >= 11 is 6.22. The van der Waals surface area contributed by atoms with Gasteiger partial charge >= 0.3 is 6.18 Å². The Morgan fingerprint density at radius 1 is 1.27 bits per heavy atom. The summed E-state index contributed by atoms with van der Waals surface area (Å²) in [6.45, 7) is 3.61. The molecule has 9 heteroatoms. The van der Waals surface area contributed by atoms with Gasteiger partial charge in [-0.25, -0.2) is 0 Å². The molecule has 0 heterocycles. The van der Waals surface area contributed by atoms with Gasteiger partial charge in [-0.05, 0) is 49.8 Å². The molecule has 30 heavy (non-hydrogen) atoms. The van der Waals surface area contributed by atoms with Crippen LogP contribution in [0.2, 0.25) is 5.02 Å². The molecule has 0 radical (unpaired) electrons. The molecular weight excluding hydrogens is 421 g/mol. The lowest BCUT2D eigenvalue weighted by Gasteiger charge is -2.16. The molecule has 2 aromatic carbocycles. The molecule has 5 nitrogen and oxygen atoms in total. The van der Waals surface area contributed by atoms with Gasteiger partial charge in [0.1, 0.15) is 11.6 Å². The third kappa shape index (κ3) is 5.67. The quantitative estimate of drug-likeness (QED) is 0.464. The number of halogens is 4. The molecule has 1 N–H and O–H groups in total. The molecule has 2 aromatic rings. The van der Waals surface area contributed by atoms with Crippen molar-refractivity contribution in [2.45, 2.75) is 26.1 Å². The fraction of sp³-hybridized carbons (Fsp3) is 0.238. The summed E-state index contributed by atoms with van der Waals surface area (Å²) in [7, 11) is 1.40. The predicted octanol–water partition coefficient (Wildman–Crippen LogP) is 5.70. The van der Waals surface area contributed by atoms with E-state index in [9.17, 15) is 23.2 Å². The van der Waals surface area contributed by atoms with E-state index in [1.165, 1.54) is 37.5 Å². The van der Waals surface area contributed by atoms with E-state index in [2.05, 4.69) is 5.32 Å². The summed E-state index contributed by atoms with van der Waals surface area (Å²) in [6.07, 6.45) is -3.64. The maximum atomic E-state index is 13.1. The van der Waals surface area contributed by atoms with Gasteiger partial charge in [0.2, 0.25) is 0 Å². The Bertz CT molecular complexity index is 1010. The van der Waals surface area contributed by atoms with Crippen LogP contribution < -0.4 is 14.8 Å². The fourth-order valence-electron chi connectivity index (χ4n) is 2.52. The molecule has 158 valence electrons. The monoisotopic (exact) mass is 438 g/mol. The van der Waals surface area contributed by atoms with Crippen LogP contribution in [0.1, 0.15) is 25.0 Å². The van der Waals surface area contributed by atoms with Gasteiger partial charge in [-0.3, -0.25) is 4.79 Å². The molecule has 0 saturated carbocycles. The van der Waals surface area contributed by atoms with Crippen molar-refractivity contribution in [2.24, 2.45) is 0 Å². The van der Waals surface area contributed by atoms with Gasteiger partial charge in [0.25, 0.3) is 5.91 Å². The van der Waals surface area contributed by atoms with Crippen LogP contribution in [0.15, 0.2) is 42.0 Å². The van der Waals surface area contributed by atoms with E-state index < -0.39 is 28.9 Å². The summed E-state index contributed by atoms with van der Waals surface area (Å²) in [4.78, 5) is 12.4. The minimum atomic E-state index is -4.66. The number of amides is 1. The Balaban J connectivity index is 2.38. The summed E-state index contributed by atoms with van der Waals surface area (Å²) in [5.74, 6) is -0.414. The number of ether oxygens (including phenoxy) is 2. The van der Waals surface area contributed by atoms with Crippen LogP contribution in [0.25, 0.3) is 6.08 Å². The largest absolute Gasteiger partial charge is 0.493 e. The SMILES string of the molecule is COc1cc(/C=C(\C#N)C(=O)Nc2ccccc2C(F)(F)F)cc(Cl)c1OC(C)C. The number of methoxy groups -OCH3 is 1. The van der Waals surface area contributed by atoms with E-state index in [1.807, 2.05) is 0 Å². The first-order valence-electron chi connectivity index (χ1n) is 8.70. The first kappa shape index (κ1) is 23.1. The molecule has 0 saturated heterocycles. The lowest BCUT2D eigenvalue weighted by molar-refractivity contribution is -0.137. The highest BCUT2D eigenvalue weighted by atomic mass is 35.5. The van der Waals surface area contributed by atoms with Gasteiger partial charge < -0.3 is 14.8 Å². The standard InChI is InChI=1S/C21H18ClF3N2O3/c1-12(2)30-19-16(22)9-13(10-18(19)29-3)8-14(11-26)20(28)27-17-7-5-4-6-15(17)21(23,24)25/h4-10,12H,1-3H3,(H,27,28)/b14-8+. The lowest BCUT2D eigenvalue weighted by Crippen LogP contribution is -2.17. The first-order chi connectivity index (χ1) is 14.1. The Labute approximate surface area is 176 Å². The summed E-state index contributed by atoms with van der Waals surface area (Å²) < 4.78 is 50.2. The van der Waals surface area contributed by atoms with Crippen molar-refractivity contribution in [1.29, 1.82) is 5.26 Å². The number of benzene rings is 2. The van der Waals surface area contributed by atoms with E-state index in [1.54, 1.807) is 19.9 Å². The second-order valence-electron chi connectivity index (χ2n) is 6.37. The molecule has 0 bridgehead atoms. The molecule has 0 spiro atoms. The third-order valence-corrected chi connectivity index (χ3v) is 4.04. The molecule has 0 atom stereocenters. The molecule has 0 unspecified atom stereocenters. The van der Waals surface area contributed by atoms with Crippen molar-refractivity contribution in [3.05, 3.63) is 58.1 Å². The third-order valence-electron chi connectivity index (χ3n) is 3.76. The lowest BCUT2D eigenvalue weighted by atomic mass is 10.1. The number of carbonyl (C=O) groups is 1. The van der Waals surface area contributed by atoms with Gasteiger partial charge in [-0.1, -0.05) is 23.7 Å². The maximum absolute atomic E-state index is 13.1. The minimum Gasteiger partial charge on any atom is -0.493 e. The number of para-hydroxylation sites is 1. The summed E-state index contributed by atoms with van der Waals surface area (Å²) in [6, 6.07) is 9.13. The number of nitrogens with one attached hydrogen (secondary N) is 1. The van der Waals surface area contributed by atoms with Crippen molar-refractivity contribution in [1.82, 2.24) is 0 Å². The number of rotatable bonds is 6. The van der Waals surface area contributed by atoms with Crippen molar-refractivity contribution in [3.63, 3.8) is 0 Å². The zero-order chi connectivity index (χ0) is 22.5. The van der Waals surface area contributed by atoms with Crippen molar-refractivity contribution in [3.8, 4) is 17.6 Å². The average molecular weight is 439 g/mol. The Morgan fingerprint density at radius 2 is 1.93 bits per heavy atom. The highest BCUT2D eigenvalue weighted by Gasteiger charge is 2.33. The van der Waals surface area contributed by atoms with Crippen LogP contribution in [0, 0.1) is 11.3 Å². The van der Waals surface area contributed by atoms with Gasteiger partial charge in [-0.15, -0.1) is 0 Å². The maximum Gasteiger partial charge on any atom is 0.418 e. The van der Waals surface area contributed by atoms with Crippen LogP contribution in [-0.2, 0) is 11.0 Å². The summed E-state index contributed by atoms with van der Waals surface area (Å²) in [5.41, 5.74) is -1.55. The van der Waals surface area contributed by atoms with Crippen LogP contribution in [0.3, 0.4) is 0 Å². The molecular formula is C21H18ClF3N2O3. The fourth-order valence-corrected chi connectivity index (χ4v) is 2.78. The van der Waals surface area contributed by atoms with Crippen molar-refractivity contribution >= 4 is 29.3 Å². The van der Waals surface area contributed by atoms with E-state index in [4.69, 9.17) is 21.1 Å². The van der Waals surface area contributed by atoms with Crippen molar-refractivity contribution in [2.75, 3.05) is 12.4 Å². The Kier molecular flexibility index (Phi) is 7.35. The normalized spacial score (nSPS) is 11.8. The number of carbonyl (C=O) groups excluding carboxylic acids is 1. The van der Waals surface area contributed by atoms with E-state index >= 15 is 0 Å². The number of nitrogens with zero attached hydrogens (tertiary/aromatic N) is 1. The van der Waals surface area contributed by atoms with E-state index in [0.717, 1.165) is 12.1 Å². The molecule has 1 amide bonds. The zero-order valence-corrected chi connectivity index (χ0v) is 17.1. The number of hydrogen-bond donors (Lipinski definition) is 1. The van der Waals surface area contributed by atoms with Gasteiger partial charge in [0, 0.05) is 0 Å². The average Bonchev–Trinajstić information content (AvgIpc) is 2.67. The molecule has 2 rings (SSSR count). The number of nitriles is 1. The van der Waals surface area contributed by atoms with Crippen LogP contribution in [0.4, 0.5) is 18.9 Å². The molecule has 0 aliphatic carbocycles.